The molecule has 1 amide bonds. The monoisotopic (exact) mass is 229 g/mol. The fourth-order valence-electron chi connectivity index (χ4n) is 1.03. The summed E-state index contributed by atoms with van der Waals surface area (Å²) in [6.07, 6.45) is 0. The van der Waals surface area contributed by atoms with Crippen molar-refractivity contribution in [1.29, 1.82) is 0 Å². The van der Waals surface area contributed by atoms with Crippen molar-refractivity contribution in [2.45, 2.75) is 13.0 Å². The highest BCUT2D eigenvalue weighted by Gasteiger charge is 2.16. The average Bonchev–Trinajstić information content (AvgIpc) is 2.15. The molecule has 1 atom stereocenters. The number of hydrogen-bond acceptors (Lipinski definition) is 2. The molecule has 0 unspecified atom stereocenters. The van der Waals surface area contributed by atoms with E-state index in [-0.39, 0.29) is 5.56 Å². The van der Waals surface area contributed by atoms with Gasteiger partial charge in [0.2, 0.25) is 0 Å². The third-order valence-corrected chi connectivity index (χ3v) is 1.84. The van der Waals surface area contributed by atoms with Crippen LogP contribution in [0.2, 0.25) is 0 Å². The quantitative estimate of drug-likeness (QED) is 0.817. The average molecular weight is 229 g/mol. The highest BCUT2D eigenvalue weighted by atomic mass is 19.1. The lowest BCUT2D eigenvalue weighted by Crippen LogP contribution is -2.38. The molecule has 0 saturated heterocycles. The largest absolute Gasteiger partial charge is 0.480 e. The summed E-state index contributed by atoms with van der Waals surface area (Å²) in [5.74, 6) is -3.86. The first-order valence-electron chi connectivity index (χ1n) is 4.40. The Labute approximate surface area is 89.9 Å². The molecule has 6 heteroatoms. The van der Waals surface area contributed by atoms with Gasteiger partial charge in [0.25, 0.3) is 5.91 Å². The molecule has 0 saturated carbocycles. The van der Waals surface area contributed by atoms with Crippen molar-refractivity contribution in [3.8, 4) is 0 Å². The molecular weight excluding hydrogens is 220 g/mol. The highest BCUT2D eigenvalue weighted by molar-refractivity contribution is 5.96. The van der Waals surface area contributed by atoms with Crippen LogP contribution in [0.25, 0.3) is 0 Å². The van der Waals surface area contributed by atoms with E-state index in [4.69, 9.17) is 5.11 Å². The fraction of sp³-hybridized carbons (Fsp3) is 0.200. The molecule has 0 aromatic heterocycles. The van der Waals surface area contributed by atoms with Gasteiger partial charge in [0, 0.05) is 11.6 Å². The minimum Gasteiger partial charge on any atom is -0.480 e. The van der Waals surface area contributed by atoms with Gasteiger partial charge in [-0.25, -0.2) is 8.78 Å². The van der Waals surface area contributed by atoms with Gasteiger partial charge in [-0.15, -0.1) is 0 Å². The Morgan fingerprint density at radius 2 is 1.75 bits per heavy atom. The summed E-state index contributed by atoms with van der Waals surface area (Å²) >= 11 is 0. The predicted molar refractivity (Wildman–Crippen MR) is 50.9 cm³/mol. The third-order valence-electron chi connectivity index (χ3n) is 1.84. The molecule has 1 aromatic rings. The second-order valence-electron chi connectivity index (χ2n) is 3.19. The lowest BCUT2D eigenvalue weighted by molar-refractivity contribution is -0.138. The zero-order valence-corrected chi connectivity index (χ0v) is 8.33. The van der Waals surface area contributed by atoms with Crippen LogP contribution in [0, 0.1) is 11.6 Å². The predicted octanol–water partition coefficient (Wildman–Crippen LogP) is 1.17. The summed E-state index contributed by atoms with van der Waals surface area (Å²) in [4.78, 5) is 21.8. The Morgan fingerprint density at radius 3 is 2.19 bits per heavy atom. The minimum absolute atomic E-state index is 0.259. The van der Waals surface area contributed by atoms with E-state index in [2.05, 4.69) is 5.32 Å². The molecule has 0 fully saturated rings. The topological polar surface area (TPSA) is 66.4 Å². The molecule has 0 aliphatic rings. The summed E-state index contributed by atoms with van der Waals surface area (Å²) in [6, 6.07) is 1.15. The molecule has 16 heavy (non-hydrogen) atoms. The molecule has 0 aliphatic heterocycles. The number of aliphatic carboxylic acids is 1. The first kappa shape index (κ1) is 12.1. The zero-order chi connectivity index (χ0) is 12.3. The SMILES string of the molecule is C[C@H](NC(=O)c1cc(F)cc(F)c1)C(=O)O. The van der Waals surface area contributed by atoms with Crippen LogP contribution in [0.4, 0.5) is 8.78 Å². The van der Waals surface area contributed by atoms with Crippen molar-refractivity contribution < 1.29 is 23.5 Å². The highest BCUT2D eigenvalue weighted by Crippen LogP contribution is 2.07. The zero-order valence-electron chi connectivity index (χ0n) is 8.33. The molecule has 1 rings (SSSR count). The van der Waals surface area contributed by atoms with E-state index in [9.17, 15) is 18.4 Å². The van der Waals surface area contributed by atoms with Crippen molar-refractivity contribution in [2.75, 3.05) is 0 Å². The number of rotatable bonds is 3. The van der Waals surface area contributed by atoms with Gasteiger partial charge in [0.05, 0.1) is 0 Å². The maximum Gasteiger partial charge on any atom is 0.325 e. The van der Waals surface area contributed by atoms with Gasteiger partial charge >= 0.3 is 5.97 Å². The Bertz CT molecular complexity index is 414. The fourth-order valence-corrected chi connectivity index (χ4v) is 1.03. The maximum absolute atomic E-state index is 12.7. The van der Waals surface area contributed by atoms with E-state index >= 15 is 0 Å². The summed E-state index contributed by atoms with van der Waals surface area (Å²) in [5.41, 5.74) is -0.259. The van der Waals surface area contributed by atoms with Crippen molar-refractivity contribution in [3.05, 3.63) is 35.4 Å². The lowest BCUT2D eigenvalue weighted by atomic mass is 10.2. The summed E-state index contributed by atoms with van der Waals surface area (Å²) in [6.45, 7) is 1.25. The Balaban J connectivity index is 2.84. The Hall–Kier alpha value is -1.98. The van der Waals surface area contributed by atoms with Crippen LogP contribution in [-0.2, 0) is 4.79 Å². The van der Waals surface area contributed by atoms with Crippen molar-refractivity contribution in [3.63, 3.8) is 0 Å². The number of hydrogen-bond donors (Lipinski definition) is 2. The first-order chi connectivity index (χ1) is 7.40. The van der Waals surface area contributed by atoms with E-state index in [1.807, 2.05) is 0 Å². The molecule has 1 aromatic carbocycles. The van der Waals surface area contributed by atoms with Crippen LogP contribution in [0.5, 0.6) is 0 Å². The van der Waals surface area contributed by atoms with Crippen LogP contribution >= 0.6 is 0 Å². The molecule has 2 N–H and O–H groups in total. The Kier molecular flexibility index (Phi) is 3.55. The number of carboxylic acid groups (broad SMARTS) is 1. The number of benzene rings is 1. The number of carbonyl (C=O) groups is 2. The van der Waals surface area contributed by atoms with E-state index in [1.54, 1.807) is 0 Å². The number of halogens is 2. The Morgan fingerprint density at radius 1 is 1.25 bits per heavy atom. The van der Waals surface area contributed by atoms with Crippen LogP contribution in [0.15, 0.2) is 18.2 Å². The molecule has 0 heterocycles. The number of nitrogens with one attached hydrogen (secondary N) is 1. The second-order valence-corrected chi connectivity index (χ2v) is 3.19. The van der Waals surface area contributed by atoms with Gasteiger partial charge in [-0.05, 0) is 19.1 Å². The van der Waals surface area contributed by atoms with Gasteiger partial charge in [0.15, 0.2) is 0 Å². The van der Waals surface area contributed by atoms with E-state index < -0.39 is 29.6 Å². The van der Waals surface area contributed by atoms with Crippen LogP contribution in [-0.4, -0.2) is 23.0 Å². The lowest BCUT2D eigenvalue weighted by Gasteiger charge is -2.09. The minimum atomic E-state index is -1.23. The van der Waals surface area contributed by atoms with Gasteiger partial charge in [-0.1, -0.05) is 0 Å². The number of carbonyl (C=O) groups excluding carboxylic acids is 1. The molecule has 0 bridgehead atoms. The molecular formula is C10H9F2NO3. The van der Waals surface area contributed by atoms with Gasteiger partial charge in [-0.3, -0.25) is 9.59 Å². The van der Waals surface area contributed by atoms with Crippen LogP contribution in [0.1, 0.15) is 17.3 Å². The molecule has 86 valence electrons. The smallest absolute Gasteiger partial charge is 0.325 e. The van der Waals surface area contributed by atoms with Gasteiger partial charge < -0.3 is 10.4 Å². The second kappa shape index (κ2) is 4.69. The molecule has 0 radical (unpaired) electrons. The van der Waals surface area contributed by atoms with E-state index in [0.29, 0.717) is 6.07 Å². The number of carboxylic acids is 1. The summed E-state index contributed by atoms with van der Waals surface area (Å²) in [5, 5.41) is 10.6. The van der Waals surface area contributed by atoms with Crippen molar-refractivity contribution in [1.82, 2.24) is 5.32 Å². The van der Waals surface area contributed by atoms with E-state index in [0.717, 1.165) is 12.1 Å². The first-order valence-corrected chi connectivity index (χ1v) is 4.40. The van der Waals surface area contributed by atoms with Gasteiger partial charge in [-0.2, -0.15) is 0 Å². The van der Waals surface area contributed by atoms with Crippen molar-refractivity contribution in [2.24, 2.45) is 0 Å². The van der Waals surface area contributed by atoms with Crippen LogP contribution < -0.4 is 5.32 Å². The molecule has 0 aliphatic carbocycles. The van der Waals surface area contributed by atoms with Crippen LogP contribution in [0.3, 0.4) is 0 Å². The molecule has 4 nitrogen and oxygen atoms in total. The van der Waals surface area contributed by atoms with Gasteiger partial charge in [0.1, 0.15) is 17.7 Å². The standard InChI is InChI=1S/C10H9F2NO3/c1-5(10(15)16)13-9(14)6-2-7(11)4-8(12)3-6/h2-5H,1H3,(H,13,14)(H,15,16)/t5-/m0/s1. The maximum atomic E-state index is 12.7. The normalized spacial score (nSPS) is 11.9. The molecule has 0 spiro atoms. The number of amides is 1. The van der Waals surface area contributed by atoms with E-state index in [1.165, 1.54) is 6.92 Å². The third kappa shape index (κ3) is 3.01. The van der Waals surface area contributed by atoms with Crippen molar-refractivity contribution >= 4 is 11.9 Å². The summed E-state index contributed by atoms with van der Waals surface area (Å²) < 4.78 is 25.5. The summed E-state index contributed by atoms with van der Waals surface area (Å²) in [7, 11) is 0.